The zero-order valence-electron chi connectivity index (χ0n) is 15.9. The normalized spacial score (nSPS) is 12.2. The lowest BCUT2D eigenvalue weighted by Crippen LogP contribution is -2.34. The summed E-state index contributed by atoms with van der Waals surface area (Å²) < 4.78 is 0. The lowest BCUT2D eigenvalue weighted by molar-refractivity contribution is 0.225. The molecular weight excluding hydrogens is 302 g/mol. The summed E-state index contributed by atoms with van der Waals surface area (Å²) in [5, 5.41) is 0. The number of nitrogens with zero attached hydrogens (tertiary/aromatic N) is 1. The Morgan fingerprint density at radius 1 is 0.640 bits per heavy atom. The van der Waals surface area contributed by atoms with Crippen LogP contribution in [0, 0.1) is 5.41 Å². The average Bonchev–Trinajstić information content (AvgIpc) is 2.62. The Morgan fingerprint density at radius 2 is 1.28 bits per heavy atom. The molecule has 1 heteroatoms. The molecule has 3 aromatic rings. The predicted octanol–water partition coefficient (Wildman–Crippen LogP) is 6.74. The van der Waals surface area contributed by atoms with E-state index < -0.39 is 0 Å². The number of hydrogen-bond donors (Lipinski definition) is 0. The van der Waals surface area contributed by atoms with Crippen LogP contribution >= 0.6 is 0 Å². The van der Waals surface area contributed by atoms with Gasteiger partial charge in [-0.15, -0.1) is 0 Å². The minimum Gasteiger partial charge on any atom is -0.256 e. The van der Waals surface area contributed by atoms with Crippen LogP contribution in [0.5, 0.6) is 0 Å². The molecule has 1 aromatic heterocycles. The second-order valence-electron chi connectivity index (χ2n) is 8.25. The minimum absolute atomic E-state index is 0.0738. The Kier molecular flexibility index (Phi) is 4.51. The number of rotatable bonds is 3. The van der Waals surface area contributed by atoms with Gasteiger partial charge in [-0.05, 0) is 39.7 Å². The molecule has 1 nitrogen and oxygen atoms in total. The molecule has 0 saturated heterocycles. The Balaban J connectivity index is 1.94. The fourth-order valence-electron chi connectivity index (χ4n) is 2.86. The van der Waals surface area contributed by atoms with Crippen molar-refractivity contribution in [3.8, 4) is 22.4 Å². The third kappa shape index (κ3) is 3.51. The maximum absolute atomic E-state index is 4.76. The SMILES string of the molecule is CC(C)(C)C(C)(C)c1ccc(-c2cccc(-c3ccccc3)c2)nc1. The van der Waals surface area contributed by atoms with Crippen LogP contribution in [0.2, 0.25) is 0 Å². The van der Waals surface area contributed by atoms with Crippen LogP contribution in [0.4, 0.5) is 0 Å². The van der Waals surface area contributed by atoms with E-state index in [0.29, 0.717) is 0 Å². The fraction of sp³-hybridized carbons (Fsp3) is 0.292. The Labute approximate surface area is 151 Å². The monoisotopic (exact) mass is 329 g/mol. The maximum Gasteiger partial charge on any atom is 0.0702 e. The molecule has 0 saturated carbocycles. The third-order valence-electron chi connectivity index (χ3n) is 5.63. The zero-order valence-corrected chi connectivity index (χ0v) is 15.9. The van der Waals surface area contributed by atoms with Crippen LogP contribution in [-0.2, 0) is 5.41 Å². The van der Waals surface area contributed by atoms with Gasteiger partial charge >= 0.3 is 0 Å². The molecule has 1 heterocycles. The maximum atomic E-state index is 4.76. The van der Waals surface area contributed by atoms with Crippen molar-refractivity contribution in [2.24, 2.45) is 5.41 Å². The van der Waals surface area contributed by atoms with Gasteiger partial charge in [-0.3, -0.25) is 4.98 Å². The van der Waals surface area contributed by atoms with Crippen molar-refractivity contribution in [3.63, 3.8) is 0 Å². The molecule has 3 rings (SSSR count). The zero-order chi connectivity index (χ0) is 18.1. The Hall–Kier alpha value is -2.41. The van der Waals surface area contributed by atoms with Gasteiger partial charge in [-0.1, -0.05) is 89.2 Å². The van der Waals surface area contributed by atoms with Crippen LogP contribution < -0.4 is 0 Å². The summed E-state index contributed by atoms with van der Waals surface area (Å²) in [7, 11) is 0. The molecule has 0 aliphatic heterocycles. The second-order valence-corrected chi connectivity index (χ2v) is 8.25. The molecule has 2 aromatic carbocycles. The van der Waals surface area contributed by atoms with Gasteiger partial charge in [0.25, 0.3) is 0 Å². The van der Waals surface area contributed by atoms with Crippen molar-refractivity contribution in [2.45, 2.75) is 40.0 Å². The van der Waals surface area contributed by atoms with Crippen molar-refractivity contribution in [3.05, 3.63) is 78.5 Å². The molecule has 0 unspecified atom stereocenters. The first-order valence-electron chi connectivity index (χ1n) is 8.91. The Bertz CT molecular complexity index is 837. The van der Waals surface area contributed by atoms with Crippen molar-refractivity contribution in [1.29, 1.82) is 0 Å². The molecule has 0 amide bonds. The summed E-state index contributed by atoms with van der Waals surface area (Å²) in [6, 6.07) is 23.4. The number of aromatic nitrogens is 1. The largest absolute Gasteiger partial charge is 0.256 e. The topological polar surface area (TPSA) is 12.9 Å². The number of pyridine rings is 1. The van der Waals surface area contributed by atoms with Crippen molar-refractivity contribution < 1.29 is 0 Å². The molecule has 128 valence electrons. The highest BCUT2D eigenvalue weighted by molar-refractivity contribution is 5.71. The van der Waals surface area contributed by atoms with Crippen LogP contribution in [0.3, 0.4) is 0 Å². The summed E-state index contributed by atoms with van der Waals surface area (Å²) in [5.41, 5.74) is 6.16. The first-order valence-corrected chi connectivity index (χ1v) is 8.91. The molecule has 0 radical (unpaired) electrons. The molecule has 0 atom stereocenters. The average molecular weight is 329 g/mol. The number of benzene rings is 2. The van der Waals surface area contributed by atoms with Crippen molar-refractivity contribution in [2.75, 3.05) is 0 Å². The van der Waals surface area contributed by atoms with Gasteiger partial charge in [0.05, 0.1) is 5.69 Å². The molecule has 0 aliphatic carbocycles. The smallest absolute Gasteiger partial charge is 0.0702 e. The molecule has 0 bridgehead atoms. The van der Waals surface area contributed by atoms with E-state index in [1.165, 1.54) is 16.7 Å². The van der Waals surface area contributed by atoms with Crippen LogP contribution in [-0.4, -0.2) is 4.98 Å². The lowest BCUT2D eigenvalue weighted by Gasteiger charge is -2.39. The lowest BCUT2D eigenvalue weighted by atomic mass is 9.66. The summed E-state index contributed by atoms with van der Waals surface area (Å²) in [4.78, 5) is 4.76. The van der Waals surface area contributed by atoms with Crippen molar-refractivity contribution >= 4 is 0 Å². The van der Waals surface area contributed by atoms with E-state index in [1.54, 1.807) is 0 Å². The first kappa shape index (κ1) is 17.4. The Morgan fingerprint density at radius 3 is 1.88 bits per heavy atom. The second kappa shape index (κ2) is 6.48. The third-order valence-corrected chi connectivity index (χ3v) is 5.63. The van der Waals surface area contributed by atoms with Crippen molar-refractivity contribution in [1.82, 2.24) is 4.98 Å². The van der Waals surface area contributed by atoms with Gasteiger partial charge in [0.15, 0.2) is 0 Å². The highest BCUT2D eigenvalue weighted by Crippen LogP contribution is 2.40. The fourth-order valence-corrected chi connectivity index (χ4v) is 2.86. The predicted molar refractivity (Wildman–Crippen MR) is 108 cm³/mol. The summed E-state index contributed by atoms with van der Waals surface area (Å²) >= 11 is 0. The van der Waals surface area contributed by atoms with Gasteiger partial charge < -0.3 is 0 Å². The quantitative estimate of drug-likeness (QED) is 0.518. The van der Waals surface area contributed by atoms with E-state index in [9.17, 15) is 0 Å². The van der Waals surface area contributed by atoms with Gasteiger partial charge in [-0.2, -0.15) is 0 Å². The van der Waals surface area contributed by atoms with Crippen LogP contribution in [0.1, 0.15) is 40.2 Å². The van der Waals surface area contributed by atoms with Crippen LogP contribution in [0.25, 0.3) is 22.4 Å². The standard InChI is InChI=1S/C24H27N/c1-23(2,3)24(4,5)21-14-15-22(25-17-21)20-13-9-12-19(16-20)18-10-7-6-8-11-18/h6-17H,1-5H3. The first-order chi connectivity index (χ1) is 11.8. The molecule has 0 fully saturated rings. The molecule has 25 heavy (non-hydrogen) atoms. The van der Waals surface area contributed by atoms with E-state index in [1.807, 2.05) is 12.3 Å². The molecular formula is C24H27N. The van der Waals surface area contributed by atoms with E-state index in [4.69, 9.17) is 4.98 Å². The van der Waals surface area contributed by atoms with Gasteiger partial charge in [-0.25, -0.2) is 0 Å². The minimum atomic E-state index is 0.0738. The van der Waals surface area contributed by atoms with E-state index in [-0.39, 0.29) is 10.8 Å². The molecule has 0 spiro atoms. The van der Waals surface area contributed by atoms with Gasteiger partial charge in [0, 0.05) is 11.8 Å². The number of hydrogen-bond acceptors (Lipinski definition) is 1. The van der Waals surface area contributed by atoms with Gasteiger partial charge in [0.2, 0.25) is 0 Å². The summed E-state index contributed by atoms with van der Waals surface area (Å²) in [5.74, 6) is 0. The van der Waals surface area contributed by atoms with E-state index in [2.05, 4.69) is 95.3 Å². The van der Waals surface area contributed by atoms with Crippen LogP contribution in [0.15, 0.2) is 72.9 Å². The summed E-state index contributed by atoms with van der Waals surface area (Å²) in [6.45, 7) is 11.4. The summed E-state index contributed by atoms with van der Waals surface area (Å²) in [6.07, 6.45) is 2.04. The highest BCUT2D eigenvalue weighted by atomic mass is 14.7. The van der Waals surface area contributed by atoms with E-state index >= 15 is 0 Å². The van der Waals surface area contributed by atoms with E-state index in [0.717, 1.165) is 11.3 Å². The molecule has 0 N–H and O–H groups in total. The highest BCUT2D eigenvalue weighted by Gasteiger charge is 2.34. The van der Waals surface area contributed by atoms with Gasteiger partial charge in [0.1, 0.15) is 0 Å². The molecule has 0 aliphatic rings.